The lowest BCUT2D eigenvalue weighted by Gasteiger charge is -1.94. The number of rotatable bonds is 4. The molecular formula is C8H8ClN3OS. The van der Waals surface area contributed by atoms with Gasteiger partial charge in [0, 0.05) is 17.7 Å². The third kappa shape index (κ3) is 2.24. The number of thiophene rings is 1. The van der Waals surface area contributed by atoms with Gasteiger partial charge in [0.2, 0.25) is 5.89 Å². The van der Waals surface area contributed by atoms with Crippen LogP contribution in [-0.4, -0.2) is 16.1 Å². The average molecular weight is 230 g/mol. The molecule has 2 aromatic rings. The normalized spacial score (nSPS) is 10.4. The van der Waals surface area contributed by atoms with Crippen molar-refractivity contribution in [2.24, 2.45) is 0 Å². The topological polar surface area (TPSA) is 51.0 Å². The van der Waals surface area contributed by atoms with Crippen LogP contribution >= 0.6 is 22.9 Å². The molecule has 0 aliphatic heterocycles. The highest BCUT2D eigenvalue weighted by Gasteiger charge is 2.05. The minimum Gasteiger partial charge on any atom is -0.408 e. The molecule has 0 saturated heterocycles. The van der Waals surface area contributed by atoms with Crippen LogP contribution in [0.3, 0.4) is 0 Å². The number of hydrogen-bond acceptors (Lipinski definition) is 5. The Morgan fingerprint density at radius 2 is 2.43 bits per heavy atom. The summed E-state index contributed by atoms with van der Waals surface area (Å²) in [4.78, 5) is 0. The number of hydrogen-bond donors (Lipinski definition) is 1. The second-order valence-corrected chi connectivity index (χ2v) is 3.73. The van der Waals surface area contributed by atoms with E-state index >= 15 is 0 Å². The lowest BCUT2D eigenvalue weighted by atomic mass is 10.5. The smallest absolute Gasteiger partial charge is 0.320 e. The van der Waals surface area contributed by atoms with E-state index in [0.29, 0.717) is 24.2 Å². The first-order valence-electron chi connectivity index (χ1n) is 4.06. The molecule has 2 aromatic heterocycles. The molecule has 0 atom stereocenters. The SMILES string of the molecule is ClCCc1nnc(Nc2ccsc2)o1. The van der Waals surface area contributed by atoms with Gasteiger partial charge in [-0.3, -0.25) is 0 Å². The Kier molecular flexibility index (Phi) is 3.00. The summed E-state index contributed by atoms with van der Waals surface area (Å²) in [5.74, 6) is 1.04. The van der Waals surface area contributed by atoms with Gasteiger partial charge in [-0.25, -0.2) is 0 Å². The third-order valence-electron chi connectivity index (χ3n) is 1.55. The van der Waals surface area contributed by atoms with Crippen molar-refractivity contribution in [3.63, 3.8) is 0 Å². The molecule has 2 rings (SSSR count). The number of alkyl halides is 1. The molecular weight excluding hydrogens is 222 g/mol. The van der Waals surface area contributed by atoms with Crippen LogP contribution in [-0.2, 0) is 6.42 Å². The van der Waals surface area contributed by atoms with Crippen LogP contribution in [0.2, 0.25) is 0 Å². The summed E-state index contributed by atoms with van der Waals surface area (Å²) in [5.41, 5.74) is 0.955. The number of nitrogens with zero attached hydrogens (tertiary/aromatic N) is 2. The van der Waals surface area contributed by atoms with Crippen molar-refractivity contribution in [1.82, 2.24) is 10.2 Å². The predicted molar refractivity (Wildman–Crippen MR) is 56.3 cm³/mol. The van der Waals surface area contributed by atoms with Gasteiger partial charge in [0.05, 0.1) is 5.69 Å². The number of aromatic nitrogens is 2. The first kappa shape index (κ1) is 9.48. The minimum absolute atomic E-state index is 0.406. The molecule has 0 amide bonds. The maximum atomic E-state index is 5.54. The monoisotopic (exact) mass is 229 g/mol. The van der Waals surface area contributed by atoms with E-state index in [4.69, 9.17) is 16.0 Å². The number of aryl methyl sites for hydroxylation is 1. The Morgan fingerprint density at radius 1 is 1.50 bits per heavy atom. The van der Waals surface area contributed by atoms with Gasteiger partial charge in [-0.15, -0.1) is 16.7 Å². The van der Waals surface area contributed by atoms with Crippen LogP contribution in [0.1, 0.15) is 5.89 Å². The van der Waals surface area contributed by atoms with Crippen LogP contribution in [0.25, 0.3) is 0 Å². The molecule has 0 aliphatic rings. The Hall–Kier alpha value is -1.07. The summed E-state index contributed by atoms with van der Waals surface area (Å²) in [5, 5.41) is 14.6. The van der Waals surface area contributed by atoms with Crippen molar-refractivity contribution in [2.75, 3.05) is 11.2 Å². The first-order valence-corrected chi connectivity index (χ1v) is 5.54. The lowest BCUT2D eigenvalue weighted by molar-refractivity contribution is 0.516. The molecule has 0 fully saturated rings. The summed E-state index contributed by atoms with van der Waals surface area (Å²) in [7, 11) is 0. The van der Waals surface area contributed by atoms with Gasteiger partial charge in [0.25, 0.3) is 0 Å². The predicted octanol–water partition coefficient (Wildman–Crippen LogP) is 2.66. The first-order chi connectivity index (χ1) is 6.88. The van der Waals surface area contributed by atoms with Gasteiger partial charge in [-0.2, -0.15) is 11.3 Å². The maximum Gasteiger partial charge on any atom is 0.320 e. The van der Waals surface area contributed by atoms with Gasteiger partial charge in [-0.05, 0) is 11.4 Å². The van der Waals surface area contributed by atoms with E-state index in [0.717, 1.165) is 5.69 Å². The van der Waals surface area contributed by atoms with Crippen molar-refractivity contribution in [3.8, 4) is 0 Å². The lowest BCUT2D eigenvalue weighted by Crippen LogP contribution is -1.86. The van der Waals surface area contributed by atoms with Gasteiger partial charge in [0.1, 0.15) is 0 Å². The fraction of sp³-hybridized carbons (Fsp3) is 0.250. The minimum atomic E-state index is 0.406. The molecule has 0 unspecified atom stereocenters. The molecule has 0 aliphatic carbocycles. The number of halogens is 1. The summed E-state index contributed by atoms with van der Waals surface area (Å²) in [6.07, 6.45) is 0.597. The fourth-order valence-electron chi connectivity index (χ4n) is 0.945. The average Bonchev–Trinajstić information content (AvgIpc) is 2.79. The molecule has 0 radical (unpaired) electrons. The Labute approximate surface area is 89.9 Å². The van der Waals surface area contributed by atoms with Crippen molar-refractivity contribution >= 4 is 34.6 Å². The largest absolute Gasteiger partial charge is 0.408 e. The molecule has 6 heteroatoms. The third-order valence-corrected chi connectivity index (χ3v) is 2.42. The quantitative estimate of drug-likeness (QED) is 0.819. The summed E-state index contributed by atoms with van der Waals surface area (Å²) in [6, 6.07) is 2.35. The highest BCUT2D eigenvalue weighted by molar-refractivity contribution is 7.08. The molecule has 0 aromatic carbocycles. The molecule has 14 heavy (non-hydrogen) atoms. The molecule has 1 N–H and O–H groups in total. The molecule has 0 saturated carbocycles. The van der Waals surface area contributed by atoms with Gasteiger partial charge in [0.15, 0.2) is 0 Å². The summed E-state index contributed by atoms with van der Waals surface area (Å²) >= 11 is 7.14. The molecule has 74 valence electrons. The van der Waals surface area contributed by atoms with E-state index < -0.39 is 0 Å². The zero-order chi connectivity index (χ0) is 9.80. The fourth-order valence-corrected chi connectivity index (χ4v) is 1.69. The van der Waals surface area contributed by atoms with E-state index in [1.54, 1.807) is 11.3 Å². The second-order valence-electron chi connectivity index (χ2n) is 2.58. The zero-order valence-electron chi connectivity index (χ0n) is 7.24. The van der Waals surface area contributed by atoms with Crippen molar-refractivity contribution in [1.29, 1.82) is 0 Å². The van der Waals surface area contributed by atoms with E-state index in [1.165, 1.54) is 0 Å². The highest BCUT2D eigenvalue weighted by Crippen LogP contribution is 2.17. The van der Waals surface area contributed by atoms with E-state index in [1.807, 2.05) is 16.8 Å². The number of anilines is 2. The van der Waals surface area contributed by atoms with Gasteiger partial charge < -0.3 is 9.73 Å². The highest BCUT2D eigenvalue weighted by atomic mass is 35.5. The Balaban J connectivity index is 2.03. The Bertz CT molecular complexity index is 387. The molecule has 0 spiro atoms. The van der Waals surface area contributed by atoms with Crippen molar-refractivity contribution < 1.29 is 4.42 Å². The summed E-state index contributed by atoms with van der Waals surface area (Å²) < 4.78 is 5.28. The second kappa shape index (κ2) is 4.43. The van der Waals surface area contributed by atoms with E-state index in [9.17, 15) is 0 Å². The van der Waals surface area contributed by atoms with Crippen LogP contribution < -0.4 is 5.32 Å². The summed E-state index contributed by atoms with van der Waals surface area (Å²) in [6.45, 7) is 0. The van der Waals surface area contributed by atoms with Crippen LogP contribution in [0.4, 0.5) is 11.7 Å². The Morgan fingerprint density at radius 3 is 3.14 bits per heavy atom. The zero-order valence-corrected chi connectivity index (χ0v) is 8.81. The van der Waals surface area contributed by atoms with Gasteiger partial charge in [-0.1, -0.05) is 5.10 Å². The molecule has 2 heterocycles. The van der Waals surface area contributed by atoms with Crippen LogP contribution in [0, 0.1) is 0 Å². The van der Waals surface area contributed by atoms with Crippen LogP contribution in [0.15, 0.2) is 21.2 Å². The van der Waals surface area contributed by atoms with Gasteiger partial charge >= 0.3 is 6.01 Å². The van der Waals surface area contributed by atoms with Crippen molar-refractivity contribution in [3.05, 3.63) is 22.7 Å². The molecule has 4 nitrogen and oxygen atoms in total. The van der Waals surface area contributed by atoms with E-state index in [2.05, 4.69) is 15.5 Å². The number of nitrogens with one attached hydrogen (secondary N) is 1. The standard InChI is InChI=1S/C8H8ClN3OS/c9-3-1-7-11-12-8(13-7)10-6-2-4-14-5-6/h2,4-5H,1,3H2,(H,10,12). The molecule has 0 bridgehead atoms. The maximum absolute atomic E-state index is 5.54. The van der Waals surface area contributed by atoms with E-state index in [-0.39, 0.29) is 0 Å². The van der Waals surface area contributed by atoms with Crippen LogP contribution in [0.5, 0.6) is 0 Å². The van der Waals surface area contributed by atoms with Crippen molar-refractivity contribution in [2.45, 2.75) is 6.42 Å².